The van der Waals surface area contributed by atoms with E-state index in [-0.39, 0.29) is 5.41 Å². The molecule has 2 heteroatoms. The predicted octanol–water partition coefficient (Wildman–Crippen LogP) is 3.15. The van der Waals surface area contributed by atoms with Crippen molar-refractivity contribution in [1.29, 1.82) is 0 Å². The molecule has 0 spiro atoms. The lowest BCUT2D eigenvalue weighted by Crippen LogP contribution is -2.48. The number of para-hydroxylation sites is 1. The van der Waals surface area contributed by atoms with E-state index < -0.39 is 0 Å². The highest BCUT2D eigenvalue weighted by Gasteiger charge is 2.40. The molecule has 1 aliphatic rings. The minimum atomic E-state index is 0.0765. The Bertz CT molecular complexity index is 388. The fraction of sp³-hybridized carbons (Fsp3) is 0.600. The van der Waals surface area contributed by atoms with Crippen LogP contribution in [0.25, 0.3) is 0 Å². The first-order valence-corrected chi connectivity index (χ1v) is 6.50. The van der Waals surface area contributed by atoms with E-state index in [1.54, 1.807) is 0 Å². The van der Waals surface area contributed by atoms with Crippen molar-refractivity contribution in [3.63, 3.8) is 0 Å². The van der Waals surface area contributed by atoms with E-state index in [1.807, 2.05) is 18.2 Å². The van der Waals surface area contributed by atoms with Crippen LogP contribution in [-0.2, 0) is 5.41 Å². The molecule has 2 atom stereocenters. The molecule has 1 N–H and O–H groups in total. The van der Waals surface area contributed by atoms with Gasteiger partial charge in [0.2, 0.25) is 0 Å². The van der Waals surface area contributed by atoms with Crippen LogP contribution in [0, 0.1) is 0 Å². The van der Waals surface area contributed by atoms with Crippen molar-refractivity contribution < 1.29 is 5.11 Å². The van der Waals surface area contributed by atoms with Crippen molar-refractivity contribution >= 4 is 0 Å². The lowest BCUT2D eigenvalue weighted by molar-refractivity contribution is 0.131. The zero-order valence-corrected chi connectivity index (χ0v) is 11.1. The van der Waals surface area contributed by atoms with Gasteiger partial charge >= 0.3 is 0 Å². The van der Waals surface area contributed by atoms with Crippen molar-refractivity contribution in [1.82, 2.24) is 4.90 Å². The van der Waals surface area contributed by atoms with Crippen LogP contribution in [0.15, 0.2) is 24.3 Å². The van der Waals surface area contributed by atoms with Crippen molar-refractivity contribution in [2.24, 2.45) is 0 Å². The zero-order chi connectivity index (χ0) is 12.5. The smallest absolute Gasteiger partial charge is 0.119 e. The van der Waals surface area contributed by atoms with Gasteiger partial charge in [-0.3, -0.25) is 0 Å². The summed E-state index contributed by atoms with van der Waals surface area (Å²) in [6.45, 7) is 2.30. The molecular weight excluding hydrogens is 210 g/mol. The molecule has 1 aromatic carbocycles. The number of phenols is 1. The second-order valence-electron chi connectivity index (χ2n) is 5.66. The lowest BCUT2D eigenvalue weighted by atomic mass is 9.67. The number of benzene rings is 1. The van der Waals surface area contributed by atoms with E-state index in [9.17, 15) is 5.11 Å². The zero-order valence-electron chi connectivity index (χ0n) is 11.1. The van der Waals surface area contributed by atoms with Gasteiger partial charge in [0, 0.05) is 17.0 Å². The van der Waals surface area contributed by atoms with E-state index in [0.29, 0.717) is 11.8 Å². The van der Waals surface area contributed by atoms with Crippen LogP contribution in [0.3, 0.4) is 0 Å². The van der Waals surface area contributed by atoms with Crippen molar-refractivity contribution in [3.05, 3.63) is 29.8 Å². The first-order chi connectivity index (χ1) is 8.05. The molecule has 0 aliphatic heterocycles. The van der Waals surface area contributed by atoms with Crippen molar-refractivity contribution in [3.8, 4) is 5.75 Å². The molecule has 94 valence electrons. The predicted molar refractivity (Wildman–Crippen MR) is 71.4 cm³/mol. The summed E-state index contributed by atoms with van der Waals surface area (Å²) in [5.41, 5.74) is 1.19. The molecule has 2 rings (SSSR count). The third-order valence-electron chi connectivity index (χ3n) is 4.30. The van der Waals surface area contributed by atoms with E-state index in [4.69, 9.17) is 0 Å². The second kappa shape index (κ2) is 4.69. The number of aromatic hydroxyl groups is 1. The summed E-state index contributed by atoms with van der Waals surface area (Å²) in [7, 11) is 4.29. The molecule has 1 saturated carbocycles. The number of likely N-dealkylation sites (N-methyl/N-ethyl adjacent to an activating group) is 1. The molecule has 0 heterocycles. The average Bonchev–Trinajstić information content (AvgIpc) is 2.29. The molecule has 1 fully saturated rings. The summed E-state index contributed by atoms with van der Waals surface area (Å²) in [5.74, 6) is 0.448. The van der Waals surface area contributed by atoms with Gasteiger partial charge in [-0.1, -0.05) is 38.0 Å². The van der Waals surface area contributed by atoms with Gasteiger partial charge in [-0.15, -0.1) is 0 Å². The minimum Gasteiger partial charge on any atom is -0.508 e. The van der Waals surface area contributed by atoms with Gasteiger partial charge in [0.15, 0.2) is 0 Å². The van der Waals surface area contributed by atoms with E-state index in [2.05, 4.69) is 32.0 Å². The fourth-order valence-corrected chi connectivity index (χ4v) is 3.41. The number of nitrogens with zero attached hydrogens (tertiary/aromatic N) is 1. The normalized spacial score (nSPS) is 29.5. The van der Waals surface area contributed by atoms with Gasteiger partial charge in [-0.25, -0.2) is 0 Å². The summed E-state index contributed by atoms with van der Waals surface area (Å²) in [5, 5.41) is 10.1. The second-order valence-corrected chi connectivity index (χ2v) is 5.66. The van der Waals surface area contributed by atoms with Crippen molar-refractivity contribution in [2.45, 2.75) is 44.1 Å². The first-order valence-electron chi connectivity index (χ1n) is 6.50. The third-order valence-corrected chi connectivity index (χ3v) is 4.30. The van der Waals surface area contributed by atoms with Gasteiger partial charge in [-0.05, 0) is 33.0 Å². The molecule has 17 heavy (non-hydrogen) atoms. The van der Waals surface area contributed by atoms with Crippen LogP contribution >= 0.6 is 0 Å². The highest BCUT2D eigenvalue weighted by atomic mass is 16.3. The van der Waals surface area contributed by atoms with Crippen LogP contribution < -0.4 is 0 Å². The Kier molecular flexibility index (Phi) is 3.43. The molecule has 0 bridgehead atoms. The van der Waals surface area contributed by atoms with Gasteiger partial charge in [0.25, 0.3) is 0 Å². The SMILES string of the molecule is CN(C)C1CCCCC1(C)c1ccccc1O. The Labute approximate surface area is 104 Å². The minimum absolute atomic E-state index is 0.0765. The number of hydrogen-bond donors (Lipinski definition) is 1. The van der Waals surface area contributed by atoms with E-state index in [1.165, 1.54) is 19.3 Å². The molecule has 2 unspecified atom stereocenters. The Morgan fingerprint density at radius 2 is 1.94 bits per heavy atom. The standard InChI is InChI=1S/C15H23NO/c1-15(12-8-4-5-9-13(12)17)11-7-6-10-14(15)16(2)3/h4-5,8-9,14,17H,6-7,10-11H2,1-3H3. The summed E-state index contributed by atoms with van der Waals surface area (Å²) < 4.78 is 0. The molecule has 2 nitrogen and oxygen atoms in total. The topological polar surface area (TPSA) is 23.5 Å². The average molecular weight is 233 g/mol. The summed E-state index contributed by atoms with van der Waals surface area (Å²) in [4.78, 5) is 2.31. The van der Waals surface area contributed by atoms with Gasteiger partial charge in [0.1, 0.15) is 5.75 Å². The molecule has 0 radical (unpaired) electrons. The quantitative estimate of drug-likeness (QED) is 0.848. The maximum atomic E-state index is 10.1. The molecule has 0 amide bonds. The Balaban J connectivity index is 2.41. The van der Waals surface area contributed by atoms with Crippen LogP contribution in [0.4, 0.5) is 0 Å². The van der Waals surface area contributed by atoms with Crippen LogP contribution in [0.2, 0.25) is 0 Å². The first kappa shape index (κ1) is 12.4. The monoisotopic (exact) mass is 233 g/mol. The maximum Gasteiger partial charge on any atom is 0.119 e. The summed E-state index contributed by atoms with van der Waals surface area (Å²) in [6, 6.07) is 8.33. The largest absolute Gasteiger partial charge is 0.508 e. The maximum absolute atomic E-state index is 10.1. The molecule has 0 saturated heterocycles. The third kappa shape index (κ3) is 2.19. The summed E-state index contributed by atoms with van der Waals surface area (Å²) >= 11 is 0. The van der Waals surface area contributed by atoms with Crippen molar-refractivity contribution in [2.75, 3.05) is 14.1 Å². The molecule has 1 aromatic rings. The molecule has 0 aromatic heterocycles. The van der Waals surface area contributed by atoms with Crippen LogP contribution in [0.1, 0.15) is 38.2 Å². The van der Waals surface area contributed by atoms with Crippen LogP contribution in [-0.4, -0.2) is 30.1 Å². The molecule has 1 aliphatic carbocycles. The molecular formula is C15H23NO. The highest BCUT2D eigenvalue weighted by Crippen LogP contribution is 2.44. The number of hydrogen-bond acceptors (Lipinski definition) is 2. The fourth-order valence-electron chi connectivity index (χ4n) is 3.41. The number of phenolic OH excluding ortho intramolecular Hbond substituents is 1. The van der Waals surface area contributed by atoms with Gasteiger partial charge < -0.3 is 10.0 Å². The van der Waals surface area contributed by atoms with Gasteiger partial charge in [0.05, 0.1) is 0 Å². The highest BCUT2D eigenvalue weighted by molar-refractivity contribution is 5.39. The summed E-state index contributed by atoms with van der Waals surface area (Å²) in [6.07, 6.45) is 4.94. The van der Waals surface area contributed by atoms with E-state index >= 15 is 0 Å². The Hall–Kier alpha value is -1.02. The van der Waals surface area contributed by atoms with Gasteiger partial charge in [-0.2, -0.15) is 0 Å². The Morgan fingerprint density at radius 3 is 2.59 bits per heavy atom. The van der Waals surface area contributed by atoms with Crippen LogP contribution in [0.5, 0.6) is 5.75 Å². The lowest BCUT2D eigenvalue weighted by Gasteiger charge is -2.45. The Morgan fingerprint density at radius 1 is 1.24 bits per heavy atom. The number of rotatable bonds is 2. The van der Waals surface area contributed by atoms with E-state index in [0.717, 1.165) is 12.0 Å².